The Kier molecular flexibility index (Phi) is 4.48. The van der Waals surface area contributed by atoms with Gasteiger partial charge in [0.05, 0.1) is 10.7 Å². The van der Waals surface area contributed by atoms with Crippen LogP contribution in [0.1, 0.15) is 6.92 Å². The van der Waals surface area contributed by atoms with Crippen LogP contribution in [0.2, 0.25) is 5.02 Å². The molecule has 0 aromatic heterocycles. The van der Waals surface area contributed by atoms with Crippen molar-refractivity contribution in [2.45, 2.75) is 13.0 Å². The second-order valence-electron chi connectivity index (χ2n) is 4.27. The zero-order chi connectivity index (χ0) is 14.5. The van der Waals surface area contributed by atoms with Crippen LogP contribution in [0.25, 0.3) is 0 Å². The van der Waals surface area contributed by atoms with Crippen molar-refractivity contribution in [2.24, 2.45) is 0 Å². The monoisotopic (exact) mass is 290 g/mol. The van der Waals surface area contributed by atoms with Gasteiger partial charge in [0.1, 0.15) is 0 Å². The van der Waals surface area contributed by atoms with Crippen molar-refractivity contribution in [3.63, 3.8) is 0 Å². The number of ether oxygens (including phenoxy) is 1. The molecule has 0 aliphatic carbocycles. The van der Waals surface area contributed by atoms with E-state index in [1.165, 1.54) is 0 Å². The fourth-order valence-electron chi connectivity index (χ4n) is 1.65. The smallest absolute Gasteiger partial charge is 0.265 e. The number of hydrogen-bond donors (Lipinski definition) is 2. The van der Waals surface area contributed by atoms with E-state index >= 15 is 0 Å². The van der Waals surface area contributed by atoms with Crippen molar-refractivity contribution in [3.8, 4) is 5.75 Å². The standard InChI is InChI=1S/C15H15ClN2O2/c1-10(15(19)18-11-6-3-2-4-7-11)20-14-12(16)8-5-9-13(14)17/h2-10H,17H2,1H3,(H,18,19). The third-order valence-electron chi connectivity index (χ3n) is 2.70. The number of halogens is 1. The van der Waals surface area contributed by atoms with Gasteiger partial charge < -0.3 is 15.8 Å². The van der Waals surface area contributed by atoms with Crippen molar-refractivity contribution >= 4 is 28.9 Å². The van der Waals surface area contributed by atoms with E-state index in [0.717, 1.165) is 0 Å². The fraction of sp³-hybridized carbons (Fsp3) is 0.133. The van der Waals surface area contributed by atoms with Gasteiger partial charge in [-0.1, -0.05) is 35.9 Å². The molecule has 1 unspecified atom stereocenters. The normalized spacial score (nSPS) is 11.7. The number of hydrogen-bond acceptors (Lipinski definition) is 3. The Hall–Kier alpha value is -2.20. The third-order valence-corrected chi connectivity index (χ3v) is 3.00. The Morgan fingerprint density at radius 3 is 2.55 bits per heavy atom. The summed E-state index contributed by atoms with van der Waals surface area (Å²) in [7, 11) is 0. The van der Waals surface area contributed by atoms with Crippen molar-refractivity contribution in [1.29, 1.82) is 0 Å². The first kappa shape index (κ1) is 14.2. The van der Waals surface area contributed by atoms with Gasteiger partial charge in [0.15, 0.2) is 11.9 Å². The summed E-state index contributed by atoms with van der Waals surface area (Å²) in [6.45, 7) is 1.64. The lowest BCUT2D eigenvalue weighted by Crippen LogP contribution is -2.30. The van der Waals surface area contributed by atoms with Crippen molar-refractivity contribution < 1.29 is 9.53 Å². The Balaban J connectivity index is 2.05. The average molecular weight is 291 g/mol. The molecule has 20 heavy (non-hydrogen) atoms. The molecule has 1 atom stereocenters. The summed E-state index contributed by atoms with van der Waals surface area (Å²) < 4.78 is 5.54. The molecule has 4 nitrogen and oxygen atoms in total. The van der Waals surface area contributed by atoms with E-state index in [9.17, 15) is 4.79 Å². The molecule has 3 N–H and O–H groups in total. The molecule has 2 aromatic rings. The number of anilines is 2. The maximum atomic E-state index is 12.0. The number of nitrogens with one attached hydrogen (secondary N) is 1. The Bertz CT molecular complexity index is 582. The largest absolute Gasteiger partial charge is 0.477 e. The van der Waals surface area contributed by atoms with E-state index in [0.29, 0.717) is 22.1 Å². The molecule has 104 valence electrons. The van der Waals surface area contributed by atoms with E-state index in [-0.39, 0.29) is 5.91 Å². The zero-order valence-electron chi connectivity index (χ0n) is 11.0. The highest BCUT2D eigenvalue weighted by molar-refractivity contribution is 6.32. The van der Waals surface area contributed by atoms with Gasteiger partial charge in [-0.15, -0.1) is 0 Å². The van der Waals surface area contributed by atoms with Gasteiger partial charge in [-0.2, -0.15) is 0 Å². The number of carbonyl (C=O) groups is 1. The lowest BCUT2D eigenvalue weighted by atomic mass is 10.2. The number of amides is 1. The van der Waals surface area contributed by atoms with Crippen LogP contribution in [0.5, 0.6) is 5.75 Å². The van der Waals surface area contributed by atoms with Gasteiger partial charge in [0.25, 0.3) is 5.91 Å². The van der Waals surface area contributed by atoms with Gasteiger partial charge in [0, 0.05) is 5.69 Å². The number of nitrogen functional groups attached to an aromatic ring is 1. The molecule has 2 rings (SSSR count). The lowest BCUT2D eigenvalue weighted by Gasteiger charge is -2.17. The predicted molar refractivity (Wildman–Crippen MR) is 81.0 cm³/mol. The lowest BCUT2D eigenvalue weighted by molar-refractivity contribution is -0.122. The molecule has 0 radical (unpaired) electrons. The SMILES string of the molecule is CC(Oc1c(N)cccc1Cl)C(=O)Nc1ccccc1. The molecule has 0 aliphatic heterocycles. The molecule has 0 heterocycles. The maximum absolute atomic E-state index is 12.0. The van der Waals surface area contributed by atoms with E-state index in [1.807, 2.05) is 18.2 Å². The second-order valence-corrected chi connectivity index (χ2v) is 4.68. The Morgan fingerprint density at radius 2 is 1.90 bits per heavy atom. The Labute approximate surface area is 122 Å². The molecular weight excluding hydrogens is 276 g/mol. The number of nitrogens with two attached hydrogens (primary N) is 1. The van der Waals surface area contributed by atoms with Crippen molar-refractivity contribution in [1.82, 2.24) is 0 Å². The van der Waals surface area contributed by atoms with E-state index < -0.39 is 6.10 Å². The van der Waals surface area contributed by atoms with Crippen LogP contribution in [-0.4, -0.2) is 12.0 Å². The van der Waals surface area contributed by atoms with Crippen molar-refractivity contribution in [2.75, 3.05) is 11.1 Å². The molecular formula is C15H15ClN2O2. The molecule has 0 fully saturated rings. The van der Waals surface area contributed by atoms with Gasteiger partial charge in [0.2, 0.25) is 0 Å². The molecule has 0 spiro atoms. The van der Waals surface area contributed by atoms with E-state index in [4.69, 9.17) is 22.1 Å². The summed E-state index contributed by atoms with van der Waals surface area (Å²) in [5.41, 5.74) is 6.89. The molecule has 2 aromatic carbocycles. The van der Waals surface area contributed by atoms with Crippen molar-refractivity contribution in [3.05, 3.63) is 53.6 Å². The first-order valence-electron chi connectivity index (χ1n) is 6.14. The number of rotatable bonds is 4. The number of carbonyl (C=O) groups excluding carboxylic acids is 1. The van der Waals surface area contributed by atoms with E-state index in [2.05, 4.69) is 5.32 Å². The number of benzene rings is 2. The summed E-state index contributed by atoms with van der Waals surface area (Å²) in [6, 6.07) is 14.2. The van der Waals surface area contributed by atoms with Crippen LogP contribution in [0.4, 0.5) is 11.4 Å². The second kappa shape index (κ2) is 6.30. The number of para-hydroxylation sites is 2. The quantitative estimate of drug-likeness (QED) is 0.849. The fourth-order valence-corrected chi connectivity index (χ4v) is 1.87. The average Bonchev–Trinajstić information content (AvgIpc) is 2.44. The van der Waals surface area contributed by atoms with Crippen LogP contribution >= 0.6 is 11.6 Å². The van der Waals surface area contributed by atoms with Gasteiger partial charge in [-0.25, -0.2) is 0 Å². The predicted octanol–water partition coefficient (Wildman–Crippen LogP) is 3.33. The van der Waals surface area contributed by atoms with Crippen LogP contribution in [0, 0.1) is 0 Å². The maximum Gasteiger partial charge on any atom is 0.265 e. The minimum absolute atomic E-state index is 0.268. The van der Waals surface area contributed by atoms with Crippen LogP contribution in [0.3, 0.4) is 0 Å². The zero-order valence-corrected chi connectivity index (χ0v) is 11.7. The van der Waals surface area contributed by atoms with Gasteiger partial charge >= 0.3 is 0 Å². The molecule has 1 amide bonds. The van der Waals surface area contributed by atoms with Crippen LogP contribution < -0.4 is 15.8 Å². The summed E-state index contributed by atoms with van der Waals surface area (Å²) >= 11 is 6.00. The van der Waals surface area contributed by atoms with Gasteiger partial charge in [-0.05, 0) is 31.2 Å². The highest BCUT2D eigenvalue weighted by Crippen LogP contribution is 2.31. The molecule has 5 heteroatoms. The topological polar surface area (TPSA) is 64.3 Å². The summed E-state index contributed by atoms with van der Waals surface area (Å²) in [5, 5.41) is 3.13. The first-order valence-corrected chi connectivity index (χ1v) is 6.52. The molecule has 0 aliphatic rings. The van der Waals surface area contributed by atoms with Gasteiger partial charge in [-0.3, -0.25) is 4.79 Å². The minimum atomic E-state index is -0.711. The molecule has 0 saturated carbocycles. The highest BCUT2D eigenvalue weighted by atomic mass is 35.5. The molecule has 0 saturated heterocycles. The first-order chi connectivity index (χ1) is 9.58. The van der Waals surface area contributed by atoms with Crippen LogP contribution in [0.15, 0.2) is 48.5 Å². The summed E-state index contributed by atoms with van der Waals surface area (Å²) in [6.07, 6.45) is -0.711. The summed E-state index contributed by atoms with van der Waals surface area (Å²) in [4.78, 5) is 12.0. The Morgan fingerprint density at radius 1 is 1.20 bits per heavy atom. The van der Waals surface area contributed by atoms with Crippen LogP contribution in [-0.2, 0) is 4.79 Å². The summed E-state index contributed by atoms with van der Waals surface area (Å²) in [5.74, 6) is 0.0559. The van der Waals surface area contributed by atoms with E-state index in [1.54, 1.807) is 37.3 Å². The third kappa shape index (κ3) is 3.42. The minimum Gasteiger partial charge on any atom is -0.477 e. The molecule has 0 bridgehead atoms. The highest BCUT2D eigenvalue weighted by Gasteiger charge is 2.17.